The van der Waals surface area contributed by atoms with Gasteiger partial charge in [0, 0.05) is 12.6 Å². The van der Waals surface area contributed by atoms with Gasteiger partial charge in [0.15, 0.2) is 0 Å². The normalized spacial score (nSPS) is 11.9. The van der Waals surface area contributed by atoms with Gasteiger partial charge in [-0.3, -0.25) is 0 Å². The van der Waals surface area contributed by atoms with Crippen LogP contribution in [0.25, 0.3) is 0 Å². The van der Waals surface area contributed by atoms with Crippen molar-refractivity contribution in [3.8, 4) is 5.88 Å². The number of hydrogen-bond donors (Lipinski definition) is 2. The molecule has 3 N–H and O–H groups in total. The molecule has 0 aliphatic carbocycles. The van der Waals surface area contributed by atoms with Gasteiger partial charge in [-0.2, -0.15) is 0 Å². The van der Waals surface area contributed by atoms with Crippen molar-refractivity contribution in [1.82, 2.24) is 9.97 Å². The summed E-state index contributed by atoms with van der Waals surface area (Å²) >= 11 is 0. The fourth-order valence-electron chi connectivity index (χ4n) is 1.92. The van der Waals surface area contributed by atoms with Crippen LogP contribution in [0, 0.1) is 6.92 Å². The van der Waals surface area contributed by atoms with E-state index < -0.39 is 0 Å². The first kappa shape index (κ1) is 14.3. The Balaban J connectivity index is 2.02. The van der Waals surface area contributed by atoms with Gasteiger partial charge >= 0.3 is 0 Å². The van der Waals surface area contributed by atoms with Crippen molar-refractivity contribution < 1.29 is 4.74 Å². The Kier molecular flexibility index (Phi) is 4.90. The zero-order valence-corrected chi connectivity index (χ0v) is 11.8. The van der Waals surface area contributed by atoms with E-state index in [4.69, 9.17) is 10.5 Å². The van der Waals surface area contributed by atoms with Crippen LogP contribution in [0.4, 0.5) is 5.82 Å². The maximum atomic E-state index is 6.15. The second-order valence-corrected chi connectivity index (χ2v) is 4.48. The van der Waals surface area contributed by atoms with E-state index in [1.54, 1.807) is 0 Å². The largest absolute Gasteiger partial charge is 0.478 e. The monoisotopic (exact) mass is 272 g/mol. The van der Waals surface area contributed by atoms with Crippen LogP contribution in [0.2, 0.25) is 0 Å². The van der Waals surface area contributed by atoms with Gasteiger partial charge in [0.1, 0.15) is 12.1 Å². The Morgan fingerprint density at radius 1 is 1.25 bits per heavy atom. The number of benzene rings is 1. The maximum Gasteiger partial charge on any atom is 0.221 e. The van der Waals surface area contributed by atoms with Gasteiger partial charge in [-0.1, -0.05) is 30.3 Å². The van der Waals surface area contributed by atoms with Crippen LogP contribution in [0.3, 0.4) is 0 Å². The molecular weight excluding hydrogens is 252 g/mol. The van der Waals surface area contributed by atoms with Crippen LogP contribution in [0.15, 0.2) is 36.7 Å². The highest BCUT2D eigenvalue weighted by atomic mass is 16.5. The Morgan fingerprint density at radius 2 is 2.00 bits per heavy atom. The summed E-state index contributed by atoms with van der Waals surface area (Å²) in [5, 5.41) is 3.25. The maximum absolute atomic E-state index is 6.15. The van der Waals surface area contributed by atoms with Gasteiger partial charge in [0.05, 0.1) is 12.2 Å². The Morgan fingerprint density at radius 3 is 2.70 bits per heavy atom. The quantitative estimate of drug-likeness (QED) is 0.844. The SMILES string of the molecule is CCOc1ncnc(NCC(N)c2ccccc2)c1C. The number of nitrogens with zero attached hydrogens (tertiary/aromatic N) is 2. The summed E-state index contributed by atoms with van der Waals surface area (Å²) < 4.78 is 5.45. The predicted octanol–water partition coefficient (Wildman–Crippen LogP) is 2.30. The van der Waals surface area contributed by atoms with Crippen molar-refractivity contribution in [2.24, 2.45) is 5.73 Å². The minimum atomic E-state index is -0.0823. The number of rotatable bonds is 6. The predicted molar refractivity (Wildman–Crippen MR) is 79.8 cm³/mol. The first-order valence-electron chi connectivity index (χ1n) is 6.71. The summed E-state index contributed by atoms with van der Waals surface area (Å²) in [6.07, 6.45) is 1.49. The molecule has 0 bridgehead atoms. The van der Waals surface area contributed by atoms with E-state index in [1.165, 1.54) is 6.33 Å². The molecule has 106 valence electrons. The molecule has 2 rings (SSSR count). The summed E-state index contributed by atoms with van der Waals surface area (Å²) in [5.74, 6) is 1.37. The highest BCUT2D eigenvalue weighted by Crippen LogP contribution is 2.21. The molecule has 0 aliphatic rings. The molecule has 1 aromatic heterocycles. The lowest BCUT2D eigenvalue weighted by molar-refractivity contribution is 0.324. The highest BCUT2D eigenvalue weighted by molar-refractivity contribution is 5.47. The van der Waals surface area contributed by atoms with Crippen LogP contribution in [0.5, 0.6) is 5.88 Å². The molecule has 0 fully saturated rings. The number of nitrogens with one attached hydrogen (secondary N) is 1. The lowest BCUT2D eigenvalue weighted by atomic mass is 10.1. The van der Waals surface area contributed by atoms with Crippen molar-refractivity contribution in [2.75, 3.05) is 18.5 Å². The number of nitrogens with two attached hydrogens (primary N) is 1. The third-order valence-corrected chi connectivity index (χ3v) is 3.04. The van der Waals surface area contributed by atoms with E-state index in [2.05, 4.69) is 15.3 Å². The third-order valence-electron chi connectivity index (χ3n) is 3.04. The third kappa shape index (κ3) is 3.45. The molecule has 1 heterocycles. The standard InChI is InChI=1S/C15H20N4O/c1-3-20-15-11(2)14(18-10-19-15)17-9-13(16)12-7-5-4-6-8-12/h4-8,10,13H,3,9,16H2,1-2H3,(H,17,18,19). The molecule has 2 aromatic rings. The second-order valence-electron chi connectivity index (χ2n) is 4.48. The summed E-state index contributed by atoms with van der Waals surface area (Å²) in [6, 6.07) is 9.90. The van der Waals surface area contributed by atoms with Crippen LogP contribution in [-0.2, 0) is 0 Å². The Labute approximate surface area is 119 Å². The zero-order chi connectivity index (χ0) is 14.4. The molecule has 1 unspecified atom stereocenters. The average molecular weight is 272 g/mol. The van der Waals surface area contributed by atoms with E-state index in [-0.39, 0.29) is 6.04 Å². The summed E-state index contributed by atoms with van der Waals surface area (Å²) in [7, 11) is 0. The van der Waals surface area contributed by atoms with Crippen molar-refractivity contribution in [1.29, 1.82) is 0 Å². The van der Waals surface area contributed by atoms with Crippen LogP contribution >= 0.6 is 0 Å². The number of ether oxygens (including phenoxy) is 1. The number of anilines is 1. The Hall–Kier alpha value is -2.14. The minimum absolute atomic E-state index is 0.0823. The van der Waals surface area contributed by atoms with E-state index in [0.29, 0.717) is 19.0 Å². The van der Waals surface area contributed by atoms with Crippen molar-refractivity contribution in [2.45, 2.75) is 19.9 Å². The molecule has 5 heteroatoms. The number of aromatic nitrogens is 2. The molecule has 0 amide bonds. The molecule has 0 spiro atoms. The van der Waals surface area contributed by atoms with Gasteiger partial charge in [-0.25, -0.2) is 9.97 Å². The molecule has 0 saturated carbocycles. The fraction of sp³-hybridized carbons (Fsp3) is 0.333. The van der Waals surface area contributed by atoms with Crippen molar-refractivity contribution in [3.05, 3.63) is 47.8 Å². The van der Waals surface area contributed by atoms with Crippen LogP contribution < -0.4 is 15.8 Å². The fourth-order valence-corrected chi connectivity index (χ4v) is 1.92. The van der Waals surface area contributed by atoms with Gasteiger partial charge in [0.25, 0.3) is 0 Å². The molecule has 0 radical (unpaired) electrons. The molecular formula is C15H20N4O. The smallest absolute Gasteiger partial charge is 0.221 e. The molecule has 20 heavy (non-hydrogen) atoms. The molecule has 5 nitrogen and oxygen atoms in total. The van der Waals surface area contributed by atoms with Crippen molar-refractivity contribution in [3.63, 3.8) is 0 Å². The Bertz CT molecular complexity index is 545. The first-order valence-corrected chi connectivity index (χ1v) is 6.71. The lowest BCUT2D eigenvalue weighted by Crippen LogP contribution is -2.21. The summed E-state index contributed by atoms with van der Waals surface area (Å²) in [4.78, 5) is 8.34. The molecule has 0 saturated heterocycles. The average Bonchev–Trinajstić information content (AvgIpc) is 2.49. The second kappa shape index (κ2) is 6.86. The van der Waals surface area contributed by atoms with E-state index in [9.17, 15) is 0 Å². The van der Waals surface area contributed by atoms with E-state index >= 15 is 0 Å². The van der Waals surface area contributed by atoms with Gasteiger partial charge < -0.3 is 15.8 Å². The van der Waals surface area contributed by atoms with Gasteiger partial charge in [-0.15, -0.1) is 0 Å². The van der Waals surface area contributed by atoms with Gasteiger partial charge in [0.2, 0.25) is 5.88 Å². The topological polar surface area (TPSA) is 73.1 Å². The van der Waals surface area contributed by atoms with Gasteiger partial charge in [-0.05, 0) is 19.4 Å². The van der Waals surface area contributed by atoms with Crippen LogP contribution in [-0.4, -0.2) is 23.1 Å². The van der Waals surface area contributed by atoms with Crippen molar-refractivity contribution >= 4 is 5.82 Å². The van der Waals surface area contributed by atoms with E-state index in [0.717, 1.165) is 16.9 Å². The number of hydrogen-bond acceptors (Lipinski definition) is 5. The van der Waals surface area contributed by atoms with Crippen LogP contribution in [0.1, 0.15) is 24.1 Å². The molecule has 1 atom stereocenters. The molecule has 0 aliphatic heterocycles. The first-order chi connectivity index (χ1) is 9.72. The zero-order valence-electron chi connectivity index (χ0n) is 11.8. The van der Waals surface area contributed by atoms with E-state index in [1.807, 2.05) is 44.2 Å². The summed E-state index contributed by atoms with van der Waals surface area (Å²) in [5.41, 5.74) is 8.14. The lowest BCUT2D eigenvalue weighted by Gasteiger charge is -2.15. The highest BCUT2D eigenvalue weighted by Gasteiger charge is 2.10. The minimum Gasteiger partial charge on any atom is -0.478 e. The molecule has 1 aromatic carbocycles. The summed E-state index contributed by atoms with van der Waals surface area (Å²) in [6.45, 7) is 5.05.